The first kappa shape index (κ1) is 12.4. The van der Waals surface area contributed by atoms with Crippen LogP contribution in [0.5, 0.6) is 0 Å². The summed E-state index contributed by atoms with van der Waals surface area (Å²) in [6, 6.07) is 0.808. The van der Waals surface area contributed by atoms with Crippen LogP contribution in [0.15, 0.2) is 0 Å². The van der Waals surface area contributed by atoms with Crippen LogP contribution in [-0.4, -0.2) is 37.1 Å². The fourth-order valence-corrected chi connectivity index (χ4v) is 3.33. The van der Waals surface area contributed by atoms with Gasteiger partial charge < -0.3 is 10.2 Å². The van der Waals surface area contributed by atoms with E-state index in [-0.39, 0.29) is 0 Å². The number of hydrogen-bond acceptors (Lipinski definition) is 2. The van der Waals surface area contributed by atoms with E-state index in [2.05, 4.69) is 31.2 Å². The molecule has 0 aromatic carbocycles. The SMILES string of the molecule is CCC1CCC(NCC2(N(C)C)CCC2)C1. The summed E-state index contributed by atoms with van der Waals surface area (Å²) in [5.41, 5.74) is 0.490. The Kier molecular flexibility index (Phi) is 3.91. The molecule has 0 aromatic rings. The zero-order valence-electron chi connectivity index (χ0n) is 11.3. The molecule has 0 amide bonds. The van der Waals surface area contributed by atoms with Gasteiger partial charge in [-0.1, -0.05) is 13.3 Å². The molecule has 0 saturated heterocycles. The van der Waals surface area contributed by atoms with Crippen LogP contribution in [-0.2, 0) is 0 Å². The number of hydrogen-bond donors (Lipinski definition) is 1. The second kappa shape index (κ2) is 5.05. The Morgan fingerprint density at radius 1 is 1.25 bits per heavy atom. The van der Waals surface area contributed by atoms with Crippen LogP contribution in [0.4, 0.5) is 0 Å². The normalized spacial score (nSPS) is 33.0. The van der Waals surface area contributed by atoms with Crippen LogP contribution in [0.3, 0.4) is 0 Å². The van der Waals surface area contributed by atoms with Crippen molar-refractivity contribution in [3.63, 3.8) is 0 Å². The van der Waals surface area contributed by atoms with E-state index >= 15 is 0 Å². The van der Waals surface area contributed by atoms with E-state index in [1.54, 1.807) is 0 Å². The maximum atomic E-state index is 3.83. The van der Waals surface area contributed by atoms with Crippen LogP contribution >= 0.6 is 0 Å². The highest BCUT2D eigenvalue weighted by Gasteiger charge is 2.39. The Morgan fingerprint density at radius 2 is 2.00 bits per heavy atom. The predicted octanol–water partition coefficient (Wildman–Crippen LogP) is 2.64. The van der Waals surface area contributed by atoms with Gasteiger partial charge in [0.1, 0.15) is 0 Å². The fourth-order valence-electron chi connectivity index (χ4n) is 3.33. The molecule has 16 heavy (non-hydrogen) atoms. The quantitative estimate of drug-likeness (QED) is 0.772. The van der Waals surface area contributed by atoms with Gasteiger partial charge in [0, 0.05) is 18.1 Å². The first-order valence-electron chi connectivity index (χ1n) is 7.07. The van der Waals surface area contributed by atoms with E-state index in [0.29, 0.717) is 5.54 Å². The molecule has 2 aliphatic carbocycles. The third kappa shape index (κ3) is 2.43. The zero-order valence-corrected chi connectivity index (χ0v) is 11.3. The first-order chi connectivity index (χ1) is 7.66. The lowest BCUT2D eigenvalue weighted by Crippen LogP contribution is -2.57. The third-order valence-corrected chi connectivity index (χ3v) is 5.07. The molecule has 1 N–H and O–H groups in total. The summed E-state index contributed by atoms with van der Waals surface area (Å²) in [4.78, 5) is 2.44. The smallest absolute Gasteiger partial charge is 0.0328 e. The van der Waals surface area contributed by atoms with Crippen molar-refractivity contribution in [2.45, 2.75) is 63.5 Å². The van der Waals surface area contributed by atoms with Crippen molar-refractivity contribution in [2.24, 2.45) is 5.92 Å². The van der Waals surface area contributed by atoms with Gasteiger partial charge in [0.25, 0.3) is 0 Å². The van der Waals surface area contributed by atoms with Crippen LogP contribution in [0.25, 0.3) is 0 Å². The van der Waals surface area contributed by atoms with Crippen LogP contribution in [0, 0.1) is 5.92 Å². The monoisotopic (exact) mass is 224 g/mol. The molecule has 94 valence electrons. The van der Waals surface area contributed by atoms with Gasteiger partial charge in [-0.25, -0.2) is 0 Å². The Hall–Kier alpha value is -0.0800. The van der Waals surface area contributed by atoms with Gasteiger partial charge in [-0.3, -0.25) is 0 Å². The Labute approximate surface area is 101 Å². The van der Waals surface area contributed by atoms with Crippen molar-refractivity contribution in [3.8, 4) is 0 Å². The average Bonchev–Trinajstić information content (AvgIpc) is 2.63. The second-order valence-corrected chi connectivity index (χ2v) is 6.14. The fraction of sp³-hybridized carbons (Fsp3) is 1.00. The number of nitrogens with one attached hydrogen (secondary N) is 1. The molecule has 0 radical (unpaired) electrons. The highest BCUT2D eigenvalue weighted by atomic mass is 15.2. The van der Waals surface area contributed by atoms with Crippen LogP contribution < -0.4 is 5.32 Å². The molecule has 0 aromatic heterocycles. The predicted molar refractivity (Wildman–Crippen MR) is 69.7 cm³/mol. The van der Waals surface area contributed by atoms with E-state index in [1.165, 1.54) is 51.5 Å². The minimum Gasteiger partial charge on any atom is -0.312 e. The minimum atomic E-state index is 0.490. The van der Waals surface area contributed by atoms with E-state index < -0.39 is 0 Å². The molecule has 2 saturated carbocycles. The van der Waals surface area contributed by atoms with E-state index in [1.807, 2.05) is 0 Å². The molecule has 2 aliphatic rings. The molecule has 2 nitrogen and oxygen atoms in total. The van der Waals surface area contributed by atoms with E-state index in [4.69, 9.17) is 0 Å². The van der Waals surface area contributed by atoms with Gasteiger partial charge in [-0.2, -0.15) is 0 Å². The lowest BCUT2D eigenvalue weighted by Gasteiger charge is -2.48. The highest BCUT2D eigenvalue weighted by molar-refractivity contribution is 4.98. The summed E-state index contributed by atoms with van der Waals surface area (Å²) in [6.07, 6.45) is 9.83. The summed E-state index contributed by atoms with van der Waals surface area (Å²) < 4.78 is 0. The molecule has 0 heterocycles. The van der Waals surface area contributed by atoms with Crippen molar-refractivity contribution in [3.05, 3.63) is 0 Å². The standard InChI is InChI=1S/C14H28N2/c1-4-12-6-7-13(10-12)15-11-14(16(2)3)8-5-9-14/h12-13,15H,4-11H2,1-3H3. The molecule has 0 spiro atoms. The molecule has 2 heteroatoms. The Bertz CT molecular complexity index is 221. The maximum absolute atomic E-state index is 3.83. The summed E-state index contributed by atoms with van der Waals surface area (Å²) in [6.45, 7) is 3.54. The topological polar surface area (TPSA) is 15.3 Å². The Balaban J connectivity index is 1.75. The van der Waals surface area contributed by atoms with Gasteiger partial charge in [-0.15, -0.1) is 0 Å². The van der Waals surface area contributed by atoms with Crippen LogP contribution in [0.1, 0.15) is 51.9 Å². The zero-order chi connectivity index (χ0) is 11.6. The van der Waals surface area contributed by atoms with Crippen molar-refractivity contribution in [1.82, 2.24) is 10.2 Å². The summed E-state index contributed by atoms with van der Waals surface area (Å²) >= 11 is 0. The number of likely N-dealkylation sites (N-methyl/N-ethyl adjacent to an activating group) is 1. The molecule has 0 aliphatic heterocycles. The van der Waals surface area contributed by atoms with Gasteiger partial charge in [0.15, 0.2) is 0 Å². The molecular weight excluding hydrogens is 196 g/mol. The molecule has 0 bridgehead atoms. The summed E-state index contributed by atoms with van der Waals surface area (Å²) in [5.74, 6) is 0.995. The lowest BCUT2D eigenvalue weighted by atomic mass is 9.75. The molecule has 2 rings (SSSR count). The van der Waals surface area contributed by atoms with Gasteiger partial charge in [0.05, 0.1) is 0 Å². The number of rotatable bonds is 5. The lowest BCUT2D eigenvalue weighted by molar-refractivity contribution is 0.0571. The van der Waals surface area contributed by atoms with E-state index in [9.17, 15) is 0 Å². The van der Waals surface area contributed by atoms with Crippen LogP contribution in [0.2, 0.25) is 0 Å². The first-order valence-corrected chi connectivity index (χ1v) is 7.07. The minimum absolute atomic E-state index is 0.490. The average molecular weight is 224 g/mol. The number of nitrogens with zero attached hydrogens (tertiary/aromatic N) is 1. The largest absolute Gasteiger partial charge is 0.312 e. The third-order valence-electron chi connectivity index (χ3n) is 5.07. The van der Waals surface area contributed by atoms with Crippen molar-refractivity contribution >= 4 is 0 Å². The van der Waals surface area contributed by atoms with Crippen molar-refractivity contribution in [2.75, 3.05) is 20.6 Å². The molecule has 2 unspecified atom stereocenters. The maximum Gasteiger partial charge on any atom is 0.0328 e. The second-order valence-electron chi connectivity index (χ2n) is 6.14. The highest BCUT2D eigenvalue weighted by Crippen LogP contribution is 2.36. The molecule has 2 atom stereocenters. The van der Waals surface area contributed by atoms with Gasteiger partial charge in [0.2, 0.25) is 0 Å². The van der Waals surface area contributed by atoms with Crippen molar-refractivity contribution in [1.29, 1.82) is 0 Å². The summed E-state index contributed by atoms with van der Waals surface area (Å²) in [5, 5.41) is 3.83. The van der Waals surface area contributed by atoms with E-state index in [0.717, 1.165) is 12.0 Å². The summed E-state index contributed by atoms with van der Waals surface area (Å²) in [7, 11) is 4.48. The Morgan fingerprint density at radius 3 is 2.44 bits per heavy atom. The molecule has 2 fully saturated rings. The van der Waals surface area contributed by atoms with Crippen molar-refractivity contribution < 1.29 is 0 Å². The van der Waals surface area contributed by atoms with Gasteiger partial charge >= 0.3 is 0 Å². The molecular formula is C14H28N2. The van der Waals surface area contributed by atoms with Gasteiger partial charge in [-0.05, 0) is 58.5 Å².